The zero-order chi connectivity index (χ0) is 24.3. The van der Waals surface area contributed by atoms with Crippen LogP contribution in [0.5, 0.6) is 11.5 Å². The smallest absolute Gasteiger partial charge is 0.248 e. The van der Waals surface area contributed by atoms with Crippen molar-refractivity contribution in [2.24, 2.45) is 10.7 Å². The average molecular weight is 455 g/mol. The van der Waals surface area contributed by atoms with Crippen molar-refractivity contribution < 1.29 is 14.3 Å². The Morgan fingerprint density at radius 3 is 2.35 bits per heavy atom. The number of carbonyl (C=O) groups is 1. The molecule has 0 fully saturated rings. The maximum atomic E-state index is 11.5. The summed E-state index contributed by atoms with van der Waals surface area (Å²) in [4.78, 5) is 16.7. The molecule has 5 rings (SSSR count). The van der Waals surface area contributed by atoms with Gasteiger partial charge in [0.15, 0.2) is 11.5 Å². The monoisotopic (exact) mass is 454 g/mol. The minimum Gasteiger partial charge on any atom is -0.493 e. The van der Waals surface area contributed by atoms with Crippen LogP contribution in [0, 0.1) is 0 Å². The van der Waals surface area contributed by atoms with E-state index in [9.17, 15) is 4.79 Å². The Hall–Kier alpha value is -3.60. The molecule has 174 valence electrons. The van der Waals surface area contributed by atoms with Gasteiger partial charge in [0.25, 0.3) is 0 Å². The molecule has 1 amide bonds. The molecule has 5 nitrogen and oxygen atoms in total. The van der Waals surface area contributed by atoms with Gasteiger partial charge in [-0.3, -0.25) is 9.79 Å². The number of fused-ring (bicyclic) bond motifs is 3. The second-order valence-electron chi connectivity index (χ2n) is 10.4. The highest BCUT2D eigenvalue weighted by Gasteiger charge is 2.39. The third-order valence-electron chi connectivity index (χ3n) is 6.54. The Bertz CT molecular complexity index is 1330. The van der Waals surface area contributed by atoms with Crippen molar-refractivity contribution in [3.63, 3.8) is 0 Å². The lowest BCUT2D eigenvalue weighted by atomic mass is 9.80. The molecule has 0 radical (unpaired) electrons. The molecule has 5 heteroatoms. The molecule has 3 aromatic rings. The molecule has 0 spiro atoms. The number of nitrogens with zero attached hydrogens (tertiary/aromatic N) is 1. The van der Waals surface area contributed by atoms with Crippen LogP contribution < -0.4 is 15.2 Å². The van der Waals surface area contributed by atoms with Crippen LogP contribution in [-0.2, 0) is 12.8 Å². The fourth-order valence-corrected chi connectivity index (χ4v) is 5.10. The Kier molecular flexibility index (Phi) is 5.05. The average Bonchev–Trinajstić information content (AvgIpc) is 3.12. The number of hydrogen-bond acceptors (Lipinski definition) is 4. The largest absolute Gasteiger partial charge is 0.493 e. The summed E-state index contributed by atoms with van der Waals surface area (Å²) in [5.74, 6) is 1.20. The highest BCUT2D eigenvalue weighted by molar-refractivity contribution is 6.16. The van der Waals surface area contributed by atoms with Crippen molar-refractivity contribution in [3.8, 4) is 22.6 Å². The molecule has 0 bridgehead atoms. The molecule has 0 atom stereocenters. The number of aliphatic imine (C=N–C) groups is 1. The van der Waals surface area contributed by atoms with E-state index in [0.717, 1.165) is 46.7 Å². The summed E-state index contributed by atoms with van der Waals surface area (Å²) in [6, 6.07) is 17.9. The molecule has 2 heterocycles. The third kappa shape index (κ3) is 3.85. The maximum absolute atomic E-state index is 11.5. The Morgan fingerprint density at radius 2 is 1.68 bits per heavy atom. The van der Waals surface area contributed by atoms with E-state index in [-0.39, 0.29) is 11.1 Å². The van der Waals surface area contributed by atoms with Crippen LogP contribution in [0.15, 0.2) is 59.6 Å². The van der Waals surface area contributed by atoms with E-state index < -0.39 is 5.91 Å². The lowest BCUT2D eigenvalue weighted by molar-refractivity contribution is 0.1000. The summed E-state index contributed by atoms with van der Waals surface area (Å²) in [6.45, 7) is 8.56. The van der Waals surface area contributed by atoms with Crippen molar-refractivity contribution in [1.82, 2.24) is 0 Å². The standard InChI is InChI=1S/C29H30N2O3/c1-28(2)15-21-14-23(33-5)26-22(16-29(3,4)34-26)24(21)25(31-28)20-8-6-7-19(13-20)17-9-11-18(12-10-17)27(30)32/h6-14H,15-16H2,1-5H3,(H2,30,32). The predicted molar refractivity (Wildman–Crippen MR) is 135 cm³/mol. The lowest BCUT2D eigenvalue weighted by Gasteiger charge is -2.31. The second-order valence-corrected chi connectivity index (χ2v) is 10.4. The van der Waals surface area contributed by atoms with Crippen molar-refractivity contribution in [2.45, 2.75) is 51.7 Å². The minimum absolute atomic E-state index is 0.240. The number of hydrogen-bond donors (Lipinski definition) is 1. The maximum Gasteiger partial charge on any atom is 0.248 e. The van der Waals surface area contributed by atoms with Crippen molar-refractivity contribution in [3.05, 3.63) is 82.4 Å². The zero-order valence-corrected chi connectivity index (χ0v) is 20.4. The number of ether oxygens (including phenoxy) is 2. The van der Waals surface area contributed by atoms with E-state index in [1.807, 2.05) is 12.1 Å². The third-order valence-corrected chi connectivity index (χ3v) is 6.54. The van der Waals surface area contributed by atoms with Gasteiger partial charge in [-0.15, -0.1) is 0 Å². The number of methoxy groups -OCH3 is 1. The Balaban J connectivity index is 1.66. The van der Waals surface area contributed by atoms with E-state index in [2.05, 4.69) is 58.0 Å². The highest BCUT2D eigenvalue weighted by atomic mass is 16.5. The summed E-state index contributed by atoms with van der Waals surface area (Å²) in [5, 5.41) is 0. The topological polar surface area (TPSA) is 73.9 Å². The second kappa shape index (κ2) is 7.73. The summed E-state index contributed by atoms with van der Waals surface area (Å²) in [5.41, 5.74) is 13.1. The van der Waals surface area contributed by atoms with Crippen molar-refractivity contribution in [1.29, 1.82) is 0 Å². The van der Waals surface area contributed by atoms with E-state index in [1.54, 1.807) is 19.2 Å². The SMILES string of the molecule is COc1cc2c(c3c1OC(C)(C)C3)C(c1cccc(-c3ccc(C(N)=O)cc3)c1)=NC(C)(C)C2. The van der Waals surface area contributed by atoms with E-state index in [1.165, 1.54) is 16.7 Å². The molecule has 0 saturated heterocycles. The molecule has 0 aromatic heterocycles. The summed E-state index contributed by atoms with van der Waals surface area (Å²) in [7, 11) is 1.70. The number of rotatable bonds is 4. The quantitative estimate of drug-likeness (QED) is 0.578. The van der Waals surface area contributed by atoms with Gasteiger partial charge >= 0.3 is 0 Å². The van der Waals surface area contributed by atoms with E-state index in [0.29, 0.717) is 5.56 Å². The van der Waals surface area contributed by atoms with Gasteiger partial charge in [-0.2, -0.15) is 0 Å². The molecule has 3 aromatic carbocycles. The number of carbonyl (C=O) groups excluding carboxylic acids is 1. The van der Waals surface area contributed by atoms with Gasteiger partial charge in [-0.25, -0.2) is 0 Å². The summed E-state index contributed by atoms with van der Waals surface area (Å²) >= 11 is 0. The normalized spacial score (nSPS) is 17.3. The van der Waals surface area contributed by atoms with Crippen LogP contribution in [0.2, 0.25) is 0 Å². The van der Waals surface area contributed by atoms with Crippen LogP contribution in [0.3, 0.4) is 0 Å². The molecule has 2 aliphatic rings. The van der Waals surface area contributed by atoms with Crippen molar-refractivity contribution >= 4 is 11.6 Å². The molecule has 0 saturated carbocycles. The van der Waals surface area contributed by atoms with E-state index in [4.69, 9.17) is 20.2 Å². The van der Waals surface area contributed by atoms with Crippen LogP contribution >= 0.6 is 0 Å². The number of benzene rings is 3. The zero-order valence-electron chi connectivity index (χ0n) is 20.4. The van der Waals surface area contributed by atoms with Gasteiger partial charge in [-0.05, 0) is 75.1 Å². The predicted octanol–water partition coefficient (Wildman–Crippen LogP) is 5.35. The Labute approximate surface area is 200 Å². The van der Waals surface area contributed by atoms with Crippen LogP contribution in [0.25, 0.3) is 11.1 Å². The van der Waals surface area contributed by atoms with Gasteiger partial charge in [0.1, 0.15) is 5.60 Å². The first-order valence-corrected chi connectivity index (χ1v) is 11.6. The number of amides is 1. The number of nitrogens with two attached hydrogens (primary N) is 1. The first kappa shape index (κ1) is 22.2. The molecular formula is C29H30N2O3. The molecule has 0 unspecified atom stereocenters. The summed E-state index contributed by atoms with van der Waals surface area (Å²) in [6.07, 6.45) is 1.64. The molecule has 2 aliphatic heterocycles. The fraction of sp³-hybridized carbons (Fsp3) is 0.310. The lowest BCUT2D eigenvalue weighted by Crippen LogP contribution is -2.30. The molecule has 0 aliphatic carbocycles. The fourth-order valence-electron chi connectivity index (χ4n) is 5.10. The van der Waals surface area contributed by atoms with Gasteiger partial charge in [0.05, 0.1) is 18.4 Å². The highest BCUT2D eigenvalue weighted by Crippen LogP contribution is 2.48. The Morgan fingerprint density at radius 1 is 0.971 bits per heavy atom. The van der Waals surface area contributed by atoms with Crippen LogP contribution in [0.4, 0.5) is 0 Å². The van der Waals surface area contributed by atoms with Crippen LogP contribution in [-0.4, -0.2) is 29.9 Å². The first-order valence-electron chi connectivity index (χ1n) is 11.6. The van der Waals surface area contributed by atoms with E-state index >= 15 is 0 Å². The van der Waals surface area contributed by atoms with Gasteiger partial charge < -0.3 is 15.2 Å². The minimum atomic E-state index is -0.426. The first-order chi connectivity index (χ1) is 16.1. The number of primary amides is 1. The molecule has 34 heavy (non-hydrogen) atoms. The van der Waals surface area contributed by atoms with Crippen LogP contribution in [0.1, 0.15) is 60.3 Å². The van der Waals surface area contributed by atoms with Gasteiger partial charge in [0, 0.05) is 28.7 Å². The van der Waals surface area contributed by atoms with Gasteiger partial charge in [-0.1, -0.05) is 30.3 Å². The molecular weight excluding hydrogens is 424 g/mol. The molecule has 2 N–H and O–H groups in total. The van der Waals surface area contributed by atoms with Crippen molar-refractivity contribution in [2.75, 3.05) is 7.11 Å². The summed E-state index contributed by atoms with van der Waals surface area (Å²) < 4.78 is 12.1. The van der Waals surface area contributed by atoms with Gasteiger partial charge in [0.2, 0.25) is 5.91 Å².